The Morgan fingerprint density at radius 2 is 1.83 bits per heavy atom. The lowest BCUT2D eigenvalue weighted by molar-refractivity contribution is -0.131. The smallest absolute Gasteiger partial charge is 0.237 e. The first-order valence-corrected chi connectivity index (χ1v) is 14.7. The fourth-order valence-electron chi connectivity index (χ4n) is 8.00. The molecule has 6 nitrogen and oxygen atoms in total. The second-order valence-electron chi connectivity index (χ2n) is 12.3. The van der Waals surface area contributed by atoms with Crippen molar-refractivity contribution in [2.75, 3.05) is 31.9 Å². The predicted molar refractivity (Wildman–Crippen MR) is 148 cm³/mol. The van der Waals surface area contributed by atoms with Crippen LogP contribution in [0.25, 0.3) is 0 Å². The Kier molecular flexibility index (Phi) is 7.62. The highest BCUT2D eigenvalue weighted by atomic mass is 35.5. The van der Waals surface area contributed by atoms with Crippen molar-refractivity contribution in [1.82, 2.24) is 5.32 Å². The number of alkyl halides is 2. The Bertz CT molecular complexity index is 1420. The van der Waals surface area contributed by atoms with E-state index in [2.05, 4.69) is 10.6 Å². The van der Waals surface area contributed by atoms with Crippen LogP contribution in [0.1, 0.15) is 49.1 Å². The minimum atomic E-state index is -1.70. The highest BCUT2D eigenvalue weighted by Gasteiger charge is 2.78. The predicted octanol–water partition coefficient (Wildman–Crippen LogP) is 5.42. The molecule has 42 heavy (non-hydrogen) atoms. The molecule has 2 spiro atoms. The Morgan fingerprint density at radius 1 is 1.10 bits per heavy atom. The van der Waals surface area contributed by atoms with E-state index in [0.29, 0.717) is 29.1 Å². The number of hydrogen-bond acceptors (Lipinski definition) is 5. The monoisotopic (exact) mass is 628 g/mol. The van der Waals surface area contributed by atoms with Crippen molar-refractivity contribution >= 4 is 40.6 Å². The van der Waals surface area contributed by atoms with Crippen LogP contribution in [-0.4, -0.2) is 61.0 Å². The lowest BCUT2D eigenvalue weighted by atomic mass is 9.46. The third-order valence-electron chi connectivity index (χ3n) is 9.82. The molecule has 0 radical (unpaired) electrons. The number of amides is 1. The summed E-state index contributed by atoms with van der Waals surface area (Å²) in [4.78, 5) is 28.4. The van der Waals surface area contributed by atoms with Crippen LogP contribution >= 0.6 is 23.2 Å². The average molecular weight is 629 g/mol. The van der Waals surface area contributed by atoms with Crippen molar-refractivity contribution in [3.8, 4) is 0 Å². The van der Waals surface area contributed by atoms with Gasteiger partial charge in [0, 0.05) is 34.0 Å². The molecule has 0 unspecified atom stereocenters. The molecule has 3 fully saturated rings. The van der Waals surface area contributed by atoms with Gasteiger partial charge in [0.2, 0.25) is 5.91 Å². The molecule has 2 aromatic carbocycles. The van der Waals surface area contributed by atoms with Crippen molar-refractivity contribution in [1.29, 1.82) is 0 Å². The first-order chi connectivity index (χ1) is 20.0. The van der Waals surface area contributed by atoms with E-state index in [-0.39, 0.29) is 55.8 Å². The molecule has 6 rings (SSSR count). The number of nitrogens with one attached hydrogen (secondary N) is 2. The first-order valence-electron chi connectivity index (χ1n) is 13.9. The average Bonchev–Trinajstić information content (AvgIpc) is 3.43. The van der Waals surface area contributed by atoms with Crippen LogP contribution in [-0.2, 0) is 19.7 Å². The van der Waals surface area contributed by atoms with Crippen molar-refractivity contribution in [3.05, 3.63) is 63.1 Å². The van der Waals surface area contributed by atoms with Crippen LogP contribution in [0.15, 0.2) is 30.3 Å². The van der Waals surface area contributed by atoms with E-state index >= 15 is 4.39 Å². The van der Waals surface area contributed by atoms with Crippen LogP contribution in [0, 0.1) is 23.0 Å². The molecule has 3 aliphatic heterocycles. The molecular weight excluding hydrogens is 599 g/mol. The second kappa shape index (κ2) is 10.7. The molecule has 2 aromatic rings. The zero-order valence-corrected chi connectivity index (χ0v) is 24.0. The van der Waals surface area contributed by atoms with Crippen LogP contribution in [0.3, 0.4) is 0 Å². The van der Waals surface area contributed by atoms with E-state index < -0.39 is 64.2 Å². The summed E-state index contributed by atoms with van der Waals surface area (Å²) < 4.78 is 64.5. The summed E-state index contributed by atoms with van der Waals surface area (Å²) in [5.41, 5.74) is -3.82. The Morgan fingerprint density at radius 3 is 2.48 bits per heavy atom. The number of hydrogen-bond donors (Lipinski definition) is 3. The van der Waals surface area contributed by atoms with E-state index in [9.17, 15) is 27.9 Å². The number of benzene rings is 2. The zero-order chi connectivity index (χ0) is 30.0. The molecule has 1 saturated carbocycles. The van der Waals surface area contributed by atoms with E-state index in [4.69, 9.17) is 27.9 Å². The van der Waals surface area contributed by atoms with Crippen LogP contribution in [0.4, 0.5) is 23.2 Å². The molecule has 2 saturated heterocycles. The van der Waals surface area contributed by atoms with Gasteiger partial charge in [0.1, 0.15) is 22.1 Å². The molecule has 226 valence electrons. The van der Waals surface area contributed by atoms with Crippen LogP contribution in [0.5, 0.6) is 0 Å². The van der Waals surface area contributed by atoms with Gasteiger partial charge in [-0.3, -0.25) is 23.7 Å². The fraction of sp³-hybridized carbons (Fsp3) is 0.533. The largest absolute Gasteiger partial charge is 0.394 e. The summed E-state index contributed by atoms with van der Waals surface area (Å²) in [7, 11) is 0. The van der Waals surface area contributed by atoms with Crippen molar-refractivity contribution in [3.63, 3.8) is 0 Å². The van der Waals surface area contributed by atoms with Crippen molar-refractivity contribution in [2.24, 2.45) is 11.3 Å². The number of aliphatic hydroxyl groups excluding tert-OH is 1. The first kappa shape index (κ1) is 29.8. The summed E-state index contributed by atoms with van der Waals surface area (Å²) in [5.74, 6) is -4.48. The number of ketones is 1. The van der Waals surface area contributed by atoms with Crippen LogP contribution < -0.4 is 10.6 Å². The van der Waals surface area contributed by atoms with Gasteiger partial charge >= 0.3 is 0 Å². The molecule has 12 heteroatoms. The van der Waals surface area contributed by atoms with E-state index in [1.54, 1.807) is 12.1 Å². The number of halogens is 6. The number of Topliss-reactive ketones (excluding diaryl/α,β-unsaturated/α-hetero) is 1. The third-order valence-corrected chi connectivity index (χ3v) is 10.4. The maximum Gasteiger partial charge on any atom is 0.237 e. The molecule has 0 aromatic heterocycles. The Labute approximate surface area is 250 Å². The van der Waals surface area contributed by atoms with Gasteiger partial charge in [-0.2, -0.15) is 0 Å². The normalized spacial score (nSPS) is 30.8. The minimum absolute atomic E-state index is 0.0154. The molecule has 5 atom stereocenters. The zero-order valence-electron chi connectivity index (χ0n) is 22.5. The lowest BCUT2D eigenvalue weighted by Crippen LogP contribution is -2.70. The quantitative estimate of drug-likeness (QED) is 0.281. The number of carbonyl (C=O) groups excluding carboxylic acids is 2. The molecule has 1 amide bonds. The molecule has 3 heterocycles. The Hall–Kier alpha value is -2.24. The molecule has 0 bridgehead atoms. The molecule has 4 aliphatic rings. The van der Waals surface area contributed by atoms with Gasteiger partial charge in [-0.1, -0.05) is 35.3 Å². The topological polar surface area (TPSA) is 87.7 Å². The summed E-state index contributed by atoms with van der Waals surface area (Å²) >= 11 is 12.3. The highest BCUT2D eigenvalue weighted by molar-refractivity contribution is 6.31. The molecule has 3 N–H and O–H groups in total. The third kappa shape index (κ3) is 4.24. The SMILES string of the molecule is O=C(C[C@@H]1CC[C@@H](CO)OC1)[C@@H]1NC2(CC(CF)(CF)C2)[C@@]2(C(=O)Nc3cc(Cl)ccc32)[C@H]1c1ccc(F)c(Cl)c1F. The number of fused-ring (bicyclic) bond motifs is 3. The number of anilines is 1. The lowest BCUT2D eigenvalue weighted by Gasteiger charge is -2.59. The highest BCUT2D eigenvalue weighted by Crippen LogP contribution is 2.68. The van der Waals surface area contributed by atoms with Gasteiger partial charge in [-0.25, -0.2) is 8.78 Å². The van der Waals surface area contributed by atoms with Gasteiger partial charge in [0.15, 0.2) is 5.78 Å². The van der Waals surface area contributed by atoms with E-state index in [0.717, 1.165) is 6.07 Å². The van der Waals surface area contributed by atoms with E-state index in [1.807, 2.05) is 0 Å². The van der Waals surface area contributed by atoms with Gasteiger partial charge in [-0.15, -0.1) is 0 Å². The van der Waals surface area contributed by atoms with Gasteiger partial charge < -0.3 is 15.2 Å². The standard InChI is InChI=1S/C30H30Cl2F4N2O4/c31-16-2-5-19-21(8-16)37-27(41)30(19)23(18-4-6-20(35)24(32)25(18)36)26(38-29(30)11-28(12-29,13-33)14-34)22(40)7-15-1-3-17(9-39)42-10-15/h2,4-6,8,15,17,23,26,38-39H,1,3,7,9-14H2,(H,37,41)/t15-,17-,23-,26-,30+/m0/s1. The fourth-order valence-corrected chi connectivity index (χ4v) is 8.35. The number of ether oxygens (including phenoxy) is 1. The minimum Gasteiger partial charge on any atom is -0.394 e. The summed E-state index contributed by atoms with van der Waals surface area (Å²) in [6, 6.07) is 5.68. The van der Waals surface area contributed by atoms with E-state index in [1.165, 1.54) is 12.1 Å². The van der Waals surface area contributed by atoms with Crippen molar-refractivity contribution < 1.29 is 37.0 Å². The Balaban J connectivity index is 1.52. The molecule has 1 aliphatic carbocycles. The van der Waals surface area contributed by atoms with Gasteiger partial charge in [0.05, 0.1) is 38.7 Å². The summed E-state index contributed by atoms with van der Waals surface area (Å²) in [5, 5.41) is 15.1. The van der Waals surface area contributed by atoms with Crippen molar-refractivity contribution in [2.45, 2.75) is 61.1 Å². The second-order valence-corrected chi connectivity index (χ2v) is 13.1. The number of rotatable bonds is 7. The maximum absolute atomic E-state index is 15.9. The number of carbonyl (C=O) groups is 2. The van der Waals surface area contributed by atoms with Crippen LogP contribution in [0.2, 0.25) is 10.0 Å². The summed E-state index contributed by atoms with van der Waals surface area (Å²) in [6.07, 6.45) is 0.592. The van der Waals surface area contributed by atoms with Gasteiger partial charge in [0.25, 0.3) is 0 Å². The molecular formula is C30H30Cl2F4N2O4. The van der Waals surface area contributed by atoms with Gasteiger partial charge in [-0.05, 0) is 60.9 Å². The number of aliphatic hydroxyl groups is 1. The maximum atomic E-state index is 15.9. The summed E-state index contributed by atoms with van der Waals surface area (Å²) in [6.45, 7) is -1.87.